The molecule has 0 spiro atoms. The molecule has 2 heterocycles. The zero-order chi connectivity index (χ0) is 13.8. The smallest absolute Gasteiger partial charge is 0.251 e. The van der Waals surface area contributed by atoms with Crippen LogP contribution >= 0.6 is 0 Å². The number of nitrogens with zero attached hydrogens (tertiary/aromatic N) is 2. The lowest BCUT2D eigenvalue weighted by Gasteiger charge is -2.35. The third-order valence-electron chi connectivity index (χ3n) is 3.82. The highest BCUT2D eigenvalue weighted by molar-refractivity contribution is 5.94. The average molecular weight is 262 g/mol. The molecule has 5 heteroatoms. The zero-order valence-electron chi connectivity index (χ0n) is 11.8. The first-order valence-electron chi connectivity index (χ1n) is 6.75. The van der Waals surface area contributed by atoms with E-state index in [1.165, 1.54) is 0 Å². The first-order valence-corrected chi connectivity index (χ1v) is 6.75. The van der Waals surface area contributed by atoms with Crippen molar-refractivity contribution in [2.45, 2.75) is 31.8 Å². The van der Waals surface area contributed by atoms with Gasteiger partial charge in [0.25, 0.3) is 5.91 Å². The number of piperidine rings is 1. The van der Waals surface area contributed by atoms with Gasteiger partial charge in [-0.15, -0.1) is 0 Å². The molecule has 1 aromatic heterocycles. The van der Waals surface area contributed by atoms with Gasteiger partial charge in [0.15, 0.2) is 0 Å². The molecule has 2 N–H and O–H groups in total. The molecule has 0 aromatic carbocycles. The van der Waals surface area contributed by atoms with E-state index in [4.69, 9.17) is 0 Å². The number of rotatable bonds is 3. The summed E-state index contributed by atoms with van der Waals surface area (Å²) in [5, 5.41) is 6.06. The normalized spacial score (nSPS) is 23.9. The van der Waals surface area contributed by atoms with Gasteiger partial charge in [-0.1, -0.05) is 0 Å². The highest BCUT2D eigenvalue weighted by atomic mass is 16.1. The Hall–Kier alpha value is -1.62. The number of hydrogen-bond acceptors (Lipinski definition) is 4. The molecule has 2 rings (SSSR count). The Kier molecular flexibility index (Phi) is 4.37. The van der Waals surface area contributed by atoms with Crippen molar-refractivity contribution >= 4 is 11.7 Å². The van der Waals surface area contributed by atoms with Crippen LogP contribution in [0.5, 0.6) is 0 Å². The average Bonchev–Trinajstić information content (AvgIpc) is 2.43. The maximum atomic E-state index is 12.2. The number of hydrogen-bond donors (Lipinski definition) is 2. The van der Waals surface area contributed by atoms with Crippen LogP contribution in [0.25, 0.3) is 0 Å². The standard InChI is InChI=1S/C14H22N4O/c1-10-8-12(5-7-18(10)3)17-14(19)11-4-6-16-13(9-11)15-2/h4,6,9-10,12H,5,7-8H2,1-3H3,(H,15,16)(H,17,19). The lowest BCUT2D eigenvalue weighted by molar-refractivity contribution is 0.0896. The summed E-state index contributed by atoms with van der Waals surface area (Å²) in [7, 11) is 3.92. The zero-order valence-corrected chi connectivity index (χ0v) is 11.8. The third kappa shape index (κ3) is 3.44. The van der Waals surface area contributed by atoms with Crippen molar-refractivity contribution in [2.75, 3.05) is 26.0 Å². The highest BCUT2D eigenvalue weighted by Gasteiger charge is 2.24. The molecule has 1 fully saturated rings. The Bertz CT molecular complexity index is 449. The Morgan fingerprint density at radius 3 is 3.00 bits per heavy atom. The number of carbonyl (C=O) groups is 1. The number of likely N-dealkylation sites (tertiary alicyclic amines) is 1. The van der Waals surface area contributed by atoms with E-state index in [2.05, 4.69) is 34.5 Å². The van der Waals surface area contributed by atoms with Gasteiger partial charge in [0.1, 0.15) is 5.82 Å². The molecule has 0 bridgehead atoms. The summed E-state index contributed by atoms with van der Waals surface area (Å²) in [5.74, 6) is 0.699. The van der Waals surface area contributed by atoms with Crippen molar-refractivity contribution in [3.63, 3.8) is 0 Å². The van der Waals surface area contributed by atoms with Crippen LogP contribution in [0, 0.1) is 0 Å². The minimum absolute atomic E-state index is 0.0133. The second kappa shape index (κ2) is 6.02. The minimum atomic E-state index is -0.0133. The Morgan fingerprint density at radius 2 is 2.32 bits per heavy atom. The molecule has 0 aliphatic carbocycles. The minimum Gasteiger partial charge on any atom is -0.373 e. The molecule has 1 saturated heterocycles. The van der Waals surface area contributed by atoms with E-state index in [0.29, 0.717) is 17.4 Å². The molecular weight excluding hydrogens is 240 g/mol. The lowest BCUT2D eigenvalue weighted by atomic mass is 9.98. The largest absolute Gasteiger partial charge is 0.373 e. The number of anilines is 1. The summed E-state index contributed by atoms with van der Waals surface area (Å²) in [6, 6.07) is 4.30. The van der Waals surface area contributed by atoms with Crippen molar-refractivity contribution in [1.29, 1.82) is 0 Å². The fourth-order valence-corrected chi connectivity index (χ4v) is 2.40. The molecule has 1 aliphatic rings. The number of carbonyl (C=O) groups excluding carboxylic acids is 1. The number of pyridine rings is 1. The summed E-state index contributed by atoms with van der Waals surface area (Å²) in [4.78, 5) is 18.6. The van der Waals surface area contributed by atoms with Gasteiger partial charge in [-0.25, -0.2) is 4.98 Å². The number of aromatic nitrogens is 1. The number of nitrogens with one attached hydrogen (secondary N) is 2. The van der Waals surface area contributed by atoms with Gasteiger partial charge in [0.05, 0.1) is 0 Å². The molecule has 5 nitrogen and oxygen atoms in total. The molecular formula is C14H22N4O. The lowest BCUT2D eigenvalue weighted by Crippen LogP contribution is -2.47. The van der Waals surface area contributed by atoms with Crippen molar-refractivity contribution in [3.05, 3.63) is 23.9 Å². The van der Waals surface area contributed by atoms with E-state index in [1.807, 2.05) is 0 Å². The molecule has 2 atom stereocenters. The Balaban J connectivity index is 1.97. The maximum Gasteiger partial charge on any atom is 0.251 e. The van der Waals surface area contributed by atoms with Gasteiger partial charge < -0.3 is 15.5 Å². The van der Waals surface area contributed by atoms with Crippen LogP contribution in [0.4, 0.5) is 5.82 Å². The molecule has 104 valence electrons. The van der Waals surface area contributed by atoms with Crippen LogP contribution in [0.2, 0.25) is 0 Å². The van der Waals surface area contributed by atoms with Gasteiger partial charge in [0.2, 0.25) is 0 Å². The monoisotopic (exact) mass is 262 g/mol. The molecule has 1 amide bonds. The molecule has 19 heavy (non-hydrogen) atoms. The SMILES string of the molecule is CNc1cc(C(=O)NC2CCN(C)C(C)C2)ccn1. The Morgan fingerprint density at radius 1 is 1.53 bits per heavy atom. The van der Waals surface area contributed by atoms with E-state index in [9.17, 15) is 4.79 Å². The van der Waals surface area contributed by atoms with Gasteiger partial charge in [0, 0.05) is 37.4 Å². The summed E-state index contributed by atoms with van der Waals surface area (Å²) in [6.07, 6.45) is 3.67. The second-order valence-corrected chi connectivity index (χ2v) is 5.20. The summed E-state index contributed by atoms with van der Waals surface area (Å²) >= 11 is 0. The van der Waals surface area contributed by atoms with Crippen LogP contribution < -0.4 is 10.6 Å². The van der Waals surface area contributed by atoms with E-state index in [0.717, 1.165) is 19.4 Å². The quantitative estimate of drug-likeness (QED) is 0.863. The molecule has 2 unspecified atom stereocenters. The summed E-state index contributed by atoms with van der Waals surface area (Å²) in [5.41, 5.74) is 0.658. The van der Waals surface area contributed by atoms with Crippen molar-refractivity contribution in [1.82, 2.24) is 15.2 Å². The van der Waals surface area contributed by atoms with Crippen LogP contribution in [0.3, 0.4) is 0 Å². The summed E-state index contributed by atoms with van der Waals surface area (Å²) in [6.45, 7) is 3.23. The van der Waals surface area contributed by atoms with Crippen molar-refractivity contribution in [2.24, 2.45) is 0 Å². The van der Waals surface area contributed by atoms with Crippen molar-refractivity contribution < 1.29 is 4.79 Å². The van der Waals surface area contributed by atoms with Gasteiger partial charge >= 0.3 is 0 Å². The van der Waals surface area contributed by atoms with Crippen LogP contribution in [0.15, 0.2) is 18.3 Å². The van der Waals surface area contributed by atoms with E-state index < -0.39 is 0 Å². The maximum absolute atomic E-state index is 12.2. The fraction of sp³-hybridized carbons (Fsp3) is 0.571. The molecule has 1 aromatic rings. The summed E-state index contributed by atoms with van der Waals surface area (Å²) < 4.78 is 0. The first kappa shape index (κ1) is 13.8. The van der Waals surface area contributed by atoms with Gasteiger partial charge in [-0.05, 0) is 38.9 Å². The second-order valence-electron chi connectivity index (χ2n) is 5.20. The van der Waals surface area contributed by atoms with Crippen LogP contribution in [0.1, 0.15) is 30.1 Å². The molecule has 1 aliphatic heterocycles. The highest BCUT2D eigenvalue weighted by Crippen LogP contribution is 2.16. The Labute approximate surface area is 114 Å². The van der Waals surface area contributed by atoms with Crippen LogP contribution in [-0.4, -0.2) is 48.5 Å². The van der Waals surface area contributed by atoms with E-state index in [1.54, 1.807) is 25.4 Å². The molecule has 0 saturated carbocycles. The van der Waals surface area contributed by atoms with E-state index >= 15 is 0 Å². The van der Waals surface area contributed by atoms with Crippen molar-refractivity contribution in [3.8, 4) is 0 Å². The fourth-order valence-electron chi connectivity index (χ4n) is 2.40. The predicted octanol–water partition coefficient (Wildman–Crippen LogP) is 1.34. The van der Waals surface area contributed by atoms with Crippen LogP contribution in [-0.2, 0) is 0 Å². The first-order chi connectivity index (χ1) is 9.10. The predicted molar refractivity (Wildman–Crippen MR) is 76.4 cm³/mol. The number of amides is 1. The van der Waals surface area contributed by atoms with Gasteiger partial charge in [-0.3, -0.25) is 4.79 Å². The van der Waals surface area contributed by atoms with E-state index in [-0.39, 0.29) is 11.9 Å². The van der Waals surface area contributed by atoms with Gasteiger partial charge in [-0.2, -0.15) is 0 Å². The third-order valence-corrected chi connectivity index (χ3v) is 3.82. The topological polar surface area (TPSA) is 57.3 Å². The molecule has 0 radical (unpaired) electrons.